The van der Waals surface area contributed by atoms with E-state index < -0.39 is 16.1 Å². The lowest BCUT2D eigenvalue weighted by Gasteiger charge is -2.31. The monoisotopic (exact) mass is 503 g/mol. The average molecular weight is 504 g/mol. The predicted octanol–water partition coefficient (Wildman–Crippen LogP) is 3.57. The first-order valence-electron chi connectivity index (χ1n) is 11.8. The van der Waals surface area contributed by atoms with E-state index in [0.29, 0.717) is 30.8 Å². The van der Waals surface area contributed by atoms with Crippen LogP contribution >= 0.6 is 0 Å². The summed E-state index contributed by atoms with van der Waals surface area (Å²) in [5.41, 5.74) is 1.40. The Balaban J connectivity index is 2.20. The Bertz CT molecular complexity index is 1070. The lowest BCUT2D eigenvalue weighted by atomic mass is 10.1. The summed E-state index contributed by atoms with van der Waals surface area (Å²) in [6, 6.07) is 15.7. The fourth-order valence-electron chi connectivity index (χ4n) is 3.85. The van der Waals surface area contributed by atoms with Crippen molar-refractivity contribution in [1.82, 2.24) is 10.2 Å². The van der Waals surface area contributed by atoms with Gasteiger partial charge in [0.15, 0.2) is 0 Å². The minimum atomic E-state index is -3.57. The largest absolute Gasteiger partial charge is 0.497 e. The minimum absolute atomic E-state index is 0.0450. The molecule has 0 aliphatic rings. The van der Waals surface area contributed by atoms with Crippen LogP contribution in [-0.4, -0.2) is 57.1 Å². The Labute approximate surface area is 209 Å². The molecule has 2 amide bonds. The third kappa shape index (κ3) is 8.58. The lowest BCUT2D eigenvalue weighted by Crippen LogP contribution is -2.50. The third-order valence-electron chi connectivity index (χ3n) is 5.51. The van der Waals surface area contributed by atoms with Crippen LogP contribution in [0.25, 0.3) is 0 Å². The predicted molar refractivity (Wildman–Crippen MR) is 139 cm³/mol. The Morgan fingerprint density at radius 3 is 2.31 bits per heavy atom. The SMILES string of the molecule is CC[C@@H](C(=O)NC(C)C)N(Cc1ccccc1)C(=O)CCCN(c1cccc(OC)c1)S(C)(=O)=O. The number of rotatable bonds is 13. The van der Waals surface area contributed by atoms with E-state index in [2.05, 4.69) is 5.32 Å². The van der Waals surface area contributed by atoms with Crippen LogP contribution in [0.3, 0.4) is 0 Å². The van der Waals surface area contributed by atoms with Crippen molar-refractivity contribution in [2.75, 3.05) is 24.2 Å². The number of methoxy groups -OCH3 is 1. The summed E-state index contributed by atoms with van der Waals surface area (Å²) >= 11 is 0. The van der Waals surface area contributed by atoms with Crippen LogP contribution in [0.1, 0.15) is 45.6 Å². The Kier molecular flexibility index (Phi) is 10.6. The summed E-state index contributed by atoms with van der Waals surface area (Å²) < 4.78 is 31.4. The van der Waals surface area contributed by atoms with E-state index in [9.17, 15) is 18.0 Å². The first kappa shape index (κ1) is 28.2. The van der Waals surface area contributed by atoms with Crippen LogP contribution in [0.5, 0.6) is 5.75 Å². The van der Waals surface area contributed by atoms with E-state index in [1.54, 1.807) is 29.2 Å². The highest BCUT2D eigenvalue weighted by molar-refractivity contribution is 7.92. The molecule has 8 nitrogen and oxygen atoms in total. The summed E-state index contributed by atoms with van der Waals surface area (Å²) in [6.45, 7) is 6.07. The standard InChI is InChI=1S/C26H37N3O5S/c1-6-24(26(31)27-20(2)3)28(19-21-12-8-7-9-13-21)25(30)16-11-17-29(35(5,32)33)22-14-10-15-23(18-22)34-4/h7-10,12-15,18,20,24H,6,11,16-17,19H2,1-5H3,(H,27,31)/t24-/m0/s1. The molecule has 2 rings (SSSR count). The summed E-state index contributed by atoms with van der Waals surface area (Å²) in [5, 5.41) is 2.91. The second-order valence-electron chi connectivity index (χ2n) is 8.73. The van der Waals surface area contributed by atoms with Gasteiger partial charge in [-0.1, -0.05) is 43.3 Å². The number of hydrogen-bond acceptors (Lipinski definition) is 5. The summed E-state index contributed by atoms with van der Waals surface area (Å²) in [5.74, 6) is 0.155. The average Bonchev–Trinajstić information content (AvgIpc) is 2.81. The van der Waals surface area contributed by atoms with E-state index in [1.807, 2.05) is 51.1 Å². The van der Waals surface area contributed by atoms with E-state index in [4.69, 9.17) is 4.74 Å². The van der Waals surface area contributed by atoms with E-state index >= 15 is 0 Å². The highest BCUT2D eigenvalue weighted by Gasteiger charge is 2.29. The van der Waals surface area contributed by atoms with Crippen molar-refractivity contribution in [1.29, 1.82) is 0 Å². The summed E-state index contributed by atoms with van der Waals surface area (Å²) in [6.07, 6.45) is 2.01. The van der Waals surface area contributed by atoms with Crippen molar-refractivity contribution < 1.29 is 22.7 Å². The number of ether oxygens (including phenoxy) is 1. The van der Waals surface area contributed by atoms with Crippen LogP contribution in [0.15, 0.2) is 54.6 Å². The maximum absolute atomic E-state index is 13.4. The van der Waals surface area contributed by atoms with Gasteiger partial charge < -0.3 is 15.0 Å². The van der Waals surface area contributed by atoms with Crippen molar-refractivity contribution in [2.45, 2.75) is 58.7 Å². The highest BCUT2D eigenvalue weighted by atomic mass is 32.2. The van der Waals surface area contributed by atoms with Crippen molar-refractivity contribution in [3.8, 4) is 5.75 Å². The van der Waals surface area contributed by atoms with Crippen molar-refractivity contribution in [2.24, 2.45) is 0 Å². The lowest BCUT2D eigenvalue weighted by molar-refractivity contribution is -0.141. The van der Waals surface area contributed by atoms with E-state index in [0.717, 1.165) is 11.8 Å². The van der Waals surface area contributed by atoms with Crippen LogP contribution in [0.2, 0.25) is 0 Å². The molecule has 2 aromatic carbocycles. The molecule has 2 aromatic rings. The first-order valence-corrected chi connectivity index (χ1v) is 13.7. The van der Waals surface area contributed by atoms with Gasteiger partial charge >= 0.3 is 0 Å². The van der Waals surface area contributed by atoms with Gasteiger partial charge in [0.1, 0.15) is 11.8 Å². The van der Waals surface area contributed by atoms with Crippen LogP contribution < -0.4 is 14.4 Å². The zero-order valence-electron chi connectivity index (χ0n) is 21.2. The van der Waals surface area contributed by atoms with Crippen molar-refractivity contribution in [3.05, 3.63) is 60.2 Å². The van der Waals surface area contributed by atoms with Crippen molar-refractivity contribution >= 4 is 27.5 Å². The number of sulfonamides is 1. The number of anilines is 1. The van der Waals surface area contributed by atoms with Gasteiger partial charge in [0.25, 0.3) is 0 Å². The van der Waals surface area contributed by atoms with Gasteiger partial charge in [0.2, 0.25) is 21.8 Å². The van der Waals surface area contributed by atoms with E-state index in [-0.39, 0.29) is 30.8 Å². The quantitative estimate of drug-likeness (QED) is 0.451. The number of benzene rings is 2. The molecule has 0 spiro atoms. The van der Waals surface area contributed by atoms with Gasteiger partial charge in [0.05, 0.1) is 19.1 Å². The molecular formula is C26H37N3O5S. The molecule has 0 aliphatic carbocycles. The van der Waals surface area contributed by atoms with Gasteiger partial charge in [-0.05, 0) is 44.4 Å². The second-order valence-corrected chi connectivity index (χ2v) is 10.6. The second kappa shape index (κ2) is 13.1. The zero-order chi connectivity index (χ0) is 26.0. The highest BCUT2D eigenvalue weighted by Crippen LogP contribution is 2.24. The van der Waals surface area contributed by atoms with Gasteiger partial charge in [-0.25, -0.2) is 8.42 Å². The Morgan fingerprint density at radius 1 is 1.06 bits per heavy atom. The maximum Gasteiger partial charge on any atom is 0.243 e. The minimum Gasteiger partial charge on any atom is -0.497 e. The number of nitrogens with one attached hydrogen (secondary N) is 1. The number of carbonyl (C=O) groups is 2. The van der Waals surface area contributed by atoms with Gasteiger partial charge in [-0.3, -0.25) is 13.9 Å². The van der Waals surface area contributed by atoms with Gasteiger partial charge in [-0.2, -0.15) is 0 Å². The number of nitrogens with zero attached hydrogens (tertiary/aromatic N) is 2. The molecule has 0 bridgehead atoms. The maximum atomic E-state index is 13.4. The molecule has 0 saturated carbocycles. The molecule has 0 aromatic heterocycles. The molecule has 0 radical (unpaired) electrons. The topological polar surface area (TPSA) is 96.0 Å². The summed E-state index contributed by atoms with van der Waals surface area (Å²) in [7, 11) is -2.05. The normalized spacial score (nSPS) is 12.2. The molecule has 0 aliphatic heterocycles. The van der Waals surface area contributed by atoms with E-state index in [1.165, 1.54) is 11.4 Å². The molecule has 192 valence electrons. The molecule has 0 saturated heterocycles. The van der Waals surface area contributed by atoms with Crippen LogP contribution in [0.4, 0.5) is 5.69 Å². The van der Waals surface area contributed by atoms with Crippen LogP contribution in [0, 0.1) is 0 Å². The molecule has 35 heavy (non-hydrogen) atoms. The fraction of sp³-hybridized carbons (Fsp3) is 0.462. The zero-order valence-corrected chi connectivity index (χ0v) is 22.0. The summed E-state index contributed by atoms with van der Waals surface area (Å²) in [4.78, 5) is 27.8. The van der Waals surface area contributed by atoms with Gasteiger partial charge in [0, 0.05) is 31.6 Å². The number of amides is 2. The molecule has 9 heteroatoms. The Morgan fingerprint density at radius 2 is 1.74 bits per heavy atom. The number of carbonyl (C=O) groups excluding carboxylic acids is 2. The van der Waals surface area contributed by atoms with Crippen LogP contribution in [-0.2, 0) is 26.2 Å². The van der Waals surface area contributed by atoms with Crippen molar-refractivity contribution in [3.63, 3.8) is 0 Å². The molecule has 0 heterocycles. The Hall–Kier alpha value is -3.07. The third-order valence-corrected chi connectivity index (χ3v) is 6.70. The number of hydrogen-bond donors (Lipinski definition) is 1. The molecule has 1 N–H and O–H groups in total. The molecule has 0 unspecified atom stereocenters. The van der Waals surface area contributed by atoms with Gasteiger partial charge in [-0.15, -0.1) is 0 Å². The fourth-order valence-corrected chi connectivity index (χ4v) is 4.81. The molecule has 0 fully saturated rings. The molecular weight excluding hydrogens is 466 g/mol. The smallest absolute Gasteiger partial charge is 0.243 e. The molecule has 1 atom stereocenters. The first-order chi connectivity index (χ1) is 16.6.